The van der Waals surface area contributed by atoms with E-state index in [-0.39, 0.29) is 17.5 Å². The smallest absolute Gasteiger partial charge is 0.339 e. The second-order valence-electron chi connectivity index (χ2n) is 16.3. The van der Waals surface area contributed by atoms with Crippen molar-refractivity contribution in [2.45, 2.75) is 111 Å². The van der Waals surface area contributed by atoms with Crippen molar-refractivity contribution in [3.63, 3.8) is 0 Å². The Bertz CT molecular complexity index is 1510. The first-order valence-corrected chi connectivity index (χ1v) is 18.0. The van der Waals surface area contributed by atoms with E-state index >= 15 is 0 Å². The van der Waals surface area contributed by atoms with E-state index in [4.69, 9.17) is 4.74 Å². The highest BCUT2D eigenvalue weighted by molar-refractivity contribution is 6.16. The van der Waals surface area contributed by atoms with Crippen LogP contribution in [0.4, 0.5) is 0 Å². The summed E-state index contributed by atoms with van der Waals surface area (Å²) in [5.74, 6) is 4.92. The molecule has 7 rings (SSSR count). The van der Waals surface area contributed by atoms with E-state index in [9.17, 15) is 4.79 Å². The highest BCUT2D eigenvalue weighted by Gasteiger charge is 2.59. The molecule has 3 saturated carbocycles. The Morgan fingerprint density at radius 2 is 1.57 bits per heavy atom. The molecule has 2 heteroatoms. The Balaban J connectivity index is 1.07. The molecule has 0 aliphatic heterocycles. The number of rotatable bonds is 7. The molecule has 0 saturated heterocycles. The van der Waals surface area contributed by atoms with Crippen molar-refractivity contribution >= 4 is 27.5 Å². The third kappa shape index (κ3) is 5.03. The van der Waals surface area contributed by atoms with Crippen LogP contribution >= 0.6 is 0 Å². The van der Waals surface area contributed by atoms with Crippen molar-refractivity contribution in [2.24, 2.45) is 46.3 Å². The zero-order valence-electron chi connectivity index (χ0n) is 27.9. The Morgan fingerprint density at radius 1 is 0.864 bits per heavy atom. The molecule has 44 heavy (non-hydrogen) atoms. The topological polar surface area (TPSA) is 26.3 Å². The van der Waals surface area contributed by atoms with Crippen LogP contribution in [0.25, 0.3) is 21.5 Å². The van der Waals surface area contributed by atoms with Crippen LogP contribution < -0.4 is 0 Å². The highest BCUT2D eigenvalue weighted by atomic mass is 16.5. The van der Waals surface area contributed by atoms with Gasteiger partial charge in [-0.25, -0.2) is 4.79 Å². The van der Waals surface area contributed by atoms with Gasteiger partial charge in [0.1, 0.15) is 6.10 Å². The molecule has 0 amide bonds. The first-order valence-electron chi connectivity index (χ1n) is 18.0. The number of fused-ring (bicyclic) bond motifs is 7. The van der Waals surface area contributed by atoms with Crippen LogP contribution in [-0.4, -0.2) is 12.1 Å². The van der Waals surface area contributed by atoms with E-state index in [0.29, 0.717) is 5.41 Å². The van der Waals surface area contributed by atoms with Gasteiger partial charge in [-0.3, -0.25) is 0 Å². The van der Waals surface area contributed by atoms with E-state index < -0.39 is 0 Å². The first kappa shape index (κ1) is 30.1. The predicted octanol–water partition coefficient (Wildman–Crippen LogP) is 11.6. The van der Waals surface area contributed by atoms with Gasteiger partial charge in [0.2, 0.25) is 0 Å². The Hall–Kier alpha value is -2.61. The molecule has 0 aromatic heterocycles. The summed E-state index contributed by atoms with van der Waals surface area (Å²) in [6.45, 7) is 12.6. The van der Waals surface area contributed by atoms with Gasteiger partial charge < -0.3 is 4.74 Å². The zero-order valence-corrected chi connectivity index (χ0v) is 27.9. The molecule has 3 aromatic rings. The van der Waals surface area contributed by atoms with Crippen LogP contribution in [0, 0.1) is 46.3 Å². The van der Waals surface area contributed by atoms with Gasteiger partial charge >= 0.3 is 5.97 Å². The van der Waals surface area contributed by atoms with Crippen molar-refractivity contribution in [3.8, 4) is 0 Å². The van der Waals surface area contributed by atoms with Crippen molar-refractivity contribution in [1.29, 1.82) is 0 Å². The van der Waals surface area contributed by atoms with E-state index in [1.54, 1.807) is 5.57 Å². The fourth-order valence-corrected chi connectivity index (χ4v) is 11.2. The van der Waals surface area contributed by atoms with Crippen LogP contribution in [0.15, 0.2) is 66.2 Å². The van der Waals surface area contributed by atoms with Crippen LogP contribution in [-0.2, 0) is 4.74 Å². The molecule has 234 valence electrons. The van der Waals surface area contributed by atoms with Gasteiger partial charge in [0, 0.05) is 6.42 Å². The maximum absolute atomic E-state index is 13.9. The van der Waals surface area contributed by atoms with Crippen LogP contribution in [0.1, 0.15) is 116 Å². The van der Waals surface area contributed by atoms with Gasteiger partial charge in [0.05, 0.1) is 5.56 Å². The third-order valence-electron chi connectivity index (χ3n) is 13.5. The van der Waals surface area contributed by atoms with Crippen molar-refractivity contribution in [1.82, 2.24) is 0 Å². The molecule has 8 unspecified atom stereocenters. The van der Waals surface area contributed by atoms with Gasteiger partial charge in [-0.05, 0) is 119 Å². The molecule has 0 spiro atoms. The molecule has 8 atom stereocenters. The largest absolute Gasteiger partial charge is 0.458 e. The average molecular weight is 591 g/mol. The number of hydrogen-bond donors (Lipinski definition) is 0. The second kappa shape index (κ2) is 11.6. The third-order valence-corrected chi connectivity index (χ3v) is 13.5. The summed E-state index contributed by atoms with van der Waals surface area (Å²) in [6, 6.07) is 18.7. The Labute approximate surface area is 266 Å². The lowest BCUT2D eigenvalue weighted by Gasteiger charge is -2.58. The van der Waals surface area contributed by atoms with E-state index in [1.807, 2.05) is 24.3 Å². The fourth-order valence-electron chi connectivity index (χ4n) is 11.2. The number of benzene rings is 3. The predicted molar refractivity (Wildman–Crippen MR) is 184 cm³/mol. The molecule has 0 heterocycles. The van der Waals surface area contributed by atoms with Gasteiger partial charge in [0.15, 0.2) is 0 Å². The number of carbonyl (C=O) groups excluding carboxylic acids is 1. The van der Waals surface area contributed by atoms with Gasteiger partial charge in [-0.1, -0.05) is 114 Å². The molecule has 4 aliphatic carbocycles. The zero-order chi connectivity index (χ0) is 30.6. The Morgan fingerprint density at radius 3 is 2.27 bits per heavy atom. The SMILES string of the molecule is CC(C)CCCC(C)C1CCC2C3CC=C4CC(OC(=O)c5c6ccccc6cc6ccccc56)CCC4(C)C3CCC12C. The van der Waals surface area contributed by atoms with E-state index in [1.165, 1.54) is 51.4 Å². The number of hydrogen-bond acceptors (Lipinski definition) is 2. The minimum absolute atomic E-state index is 0.0347. The standard InChI is InChI=1S/C42H54O2/c1-27(2)11-10-12-28(3)36-19-20-37-35-18-17-31-26-32(21-23-41(31,4)38(35)22-24-42(36,37)5)44-40(43)39-33-15-8-6-13-29(33)25-30-14-7-9-16-34(30)39/h6-9,13-17,25,27-28,32,35-38H,10-12,18-24,26H2,1-5H3. The minimum atomic E-state index is -0.158. The fraction of sp³-hybridized carbons (Fsp3) is 0.595. The molecule has 3 fully saturated rings. The van der Waals surface area contributed by atoms with Crippen LogP contribution in [0.2, 0.25) is 0 Å². The first-order chi connectivity index (χ1) is 21.2. The van der Waals surface area contributed by atoms with Crippen molar-refractivity contribution in [2.75, 3.05) is 0 Å². The van der Waals surface area contributed by atoms with Gasteiger partial charge in [-0.2, -0.15) is 0 Å². The molecule has 3 aromatic carbocycles. The summed E-state index contributed by atoms with van der Waals surface area (Å²) in [7, 11) is 0. The summed E-state index contributed by atoms with van der Waals surface area (Å²) in [6.07, 6.45) is 16.7. The summed E-state index contributed by atoms with van der Waals surface area (Å²) in [5.41, 5.74) is 3.10. The molecular weight excluding hydrogens is 536 g/mol. The maximum atomic E-state index is 13.9. The van der Waals surface area contributed by atoms with Crippen LogP contribution in [0.5, 0.6) is 0 Å². The van der Waals surface area contributed by atoms with E-state index in [2.05, 4.69) is 71.0 Å². The number of allylic oxidation sites excluding steroid dienone is 1. The van der Waals surface area contributed by atoms with E-state index in [0.717, 1.165) is 81.9 Å². The normalized spacial score (nSPS) is 33.9. The molecule has 0 radical (unpaired) electrons. The summed E-state index contributed by atoms with van der Waals surface area (Å²) >= 11 is 0. The summed E-state index contributed by atoms with van der Waals surface area (Å²) < 4.78 is 6.42. The van der Waals surface area contributed by atoms with Crippen molar-refractivity contribution in [3.05, 3.63) is 71.8 Å². The van der Waals surface area contributed by atoms with Gasteiger partial charge in [-0.15, -0.1) is 0 Å². The molecule has 0 bridgehead atoms. The maximum Gasteiger partial charge on any atom is 0.339 e. The molecule has 0 N–H and O–H groups in total. The summed E-state index contributed by atoms with van der Waals surface area (Å²) in [4.78, 5) is 13.9. The number of ether oxygens (including phenoxy) is 1. The summed E-state index contributed by atoms with van der Waals surface area (Å²) in [5, 5.41) is 4.18. The lowest BCUT2D eigenvalue weighted by molar-refractivity contribution is -0.0594. The van der Waals surface area contributed by atoms with Crippen LogP contribution in [0.3, 0.4) is 0 Å². The lowest BCUT2D eigenvalue weighted by atomic mass is 9.47. The number of esters is 1. The molecule has 2 nitrogen and oxygen atoms in total. The quantitative estimate of drug-likeness (QED) is 0.155. The molecular formula is C42H54O2. The average Bonchev–Trinajstić information content (AvgIpc) is 3.37. The number of carbonyl (C=O) groups is 1. The Kier molecular flexibility index (Phi) is 7.95. The second-order valence-corrected chi connectivity index (χ2v) is 16.3. The van der Waals surface area contributed by atoms with Crippen molar-refractivity contribution < 1.29 is 9.53 Å². The molecule has 4 aliphatic rings. The minimum Gasteiger partial charge on any atom is -0.458 e. The lowest BCUT2D eigenvalue weighted by Crippen LogP contribution is -2.51. The monoisotopic (exact) mass is 590 g/mol. The van der Waals surface area contributed by atoms with Gasteiger partial charge in [0.25, 0.3) is 0 Å². The highest BCUT2D eigenvalue weighted by Crippen LogP contribution is 2.67.